The maximum absolute atomic E-state index is 6.32. The third-order valence-corrected chi connectivity index (χ3v) is 3.33. The molecule has 0 saturated carbocycles. The lowest BCUT2D eigenvalue weighted by molar-refractivity contribution is 1.02. The van der Waals surface area contributed by atoms with Gasteiger partial charge >= 0.3 is 0 Å². The number of anilines is 2. The maximum Gasteiger partial charge on any atom is 0.133 e. The molecule has 18 heavy (non-hydrogen) atoms. The molecule has 1 aliphatic rings. The Kier molecular flexibility index (Phi) is 2.80. The lowest BCUT2D eigenvalue weighted by atomic mass is 10.1. The van der Waals surface area contributed by atoms with Crippen molar-refractivity contribution < 1.29 is 0 Å². The van der Waals surface area contributed by atoms with Crippen LogP contribution in [0.25, 0.3) is 6.08 Å². The molecule has 0 saturated heterocycles. The number of aromatic nitrogens is 1. The summed E-state index contributed by atoms with van der Waals surface area (Å²) in [6.45, 7) is 2.80. The molecule has 90 valence electrons. The zero-order chi connectivity index (χ0) is 12.5. The van der Waals surface area contributed by atoms with Gasteiger partial charge in [0.25, 0.3) is 0 Å². The van der Waals surface area contributed by atoms with Gasteiger partial charge in [-0.15, -0.1) is 0 Å². The minimum atomic E-state index is 0.764. The van der Waals surface area contributed by atoms with E-state index in [1.54, 1.807) is 0 Å². The maximum atomic E-state index is 6.32. The summed E-state index contributed by atoms with van der Waals surface area (Å²) in [6, 6.07) is 12.0. The van der Waals surface area contributed by atoms with E-state index in [0.717, 1.165) is 34.3 Å². The van der Waals surface area contributed by atoms with Crippen molar-refractivity contribution in [1.82, 2.24) is 4.98 Å². The molecular formula is C15H13ClN2. The highest BCUT2D eigenvalue weighted by molar-refractivity contribution is 6.33. The Hall–Kier alpha value is -1.80. The number of benzene rings is 1. The Morgan fingerprint density at radius 3 is 2.83 bits per heavy atom. The molecule has 1 aromatic heterocycles. The first-order valence-electron chi connectivity index (χ1n) is 5.92. The van der Waals surface area contributed by atoms with Gasteiger partial charge in [-0.3, -0.25) is 0 Å². The average Bonchev–Trinajstić information content (AvgIpc) is 2.38. The van der Waals surface area contributed by atoms with Crippen LogP contribution in [-0.2, 0) is 0 Å². The van der Waals surface area contributed by atoms with Crippen LogP contribution in [0.4, 0.5) is 11.5 Å². The Balaban J connectivity index is 2.14. The fourth-order valence-electron chi connectivity index (χ4n) is 2.21. The summed E-state index contributed by atoms with van der Waals surface area (Å²) in [7, 11) is 0. The highest BCUT2D eigenvalue weighted by Crippen LogP contribution is 2.37. The zero-order valence-electron chi connectivity index (χ0n) is 10.1. The molecule has 2 heterocycles. The Morgan fingerprint density at radius 1 is 1.17 bits per heavy atom. The van der Waals surface area contributed by atoms with Crippen molar-refractivity contribution >= 4 is 29.2 Å². The van der Waals surface area contributed by atoms with Crippen LogP contribution in [0.3, 0.4) is 0 Å². The van der Waals surface area contributed by atoms with Crippen LogP contribution < -0.4 is 4.90 Å². The summed E-state index contributed by atoms with van der Waals surface area (Å²) in [6.07, 6.45) is 4.23. The van der Waals surface area contributed by atoms with E-state index in [4.69, 9.17) is 11.6 Å². The molecular weight excluding hydrogens is 244 g/mol. The molecule has 3 heteroatoms. The zero-order valence-corrected chi connectivity index (χ0v) is 10.9. The van der Waals surface area contributed by atoms with Gasteiger partial charge < -0.3 is 4.90 Å². The third-order valence-electron chi connectivity index (χ3n) is 3.02. The molecule has 1 aromatic carbocycles. The van der Waals surface area contributed by atoms with E-state index in [9.17, 15) is 0 Å². The van der Waals surface area contributed by atoms with Crippen molar-refractivity contribution in [2.75, 3.05) is 11.4 Å². The molecule has 0 unspecified atom stereocenters. The van der Waals surface area contributed by atoms with Gasteiger partial charge in [-0.2, -0.15) is 0 Å². The highest BCUT2D eigenvalue weighted by atomic mass is 35.5. The van der Waals surface area contributed by atoms with Gasteiger partial charge in [0, 0.05) is 12.2 Å². The first kappa shape index (κ1) is 11.3. The fourth-order valence-corrected chi connectivity index (χ4v) is 2.50. The first-order chi connectivity index (χ1) is 8.75. The summed E-state index contributed by atoms with van der Waals surface area (Å²) in [4.78, 5) is 6.71. The van der Waals surface area contributed by atoms with E-state index in [-0.39, 0.29) is 0 Å². The summed E-state index contributed by atoms with van der Waals surface area (Å²) < 4.78 is 0. The predicted molar refractivity (Wildman–Crippen MR) is 76.5 cm³/mol. The van der Waals surface area contributed by atoms with Gasteiger partial charge in [-0.25, -0.2) is 4.98 Å². The van der Waals surface area contributed by atoms with Crippen LogP contribution in [0.1, 0.15) is 11.3 Å². The minimum absolute atomic E-state index is 0.764. The SMILES string of the molecule is Cc1cccc(N2CC=Cc3cccc(Cl)c32)n1. The normalized spacial score (nSPS) is 13.6. The Bertz CT molecular complexity index is 620. The topological polar surface area (TPSA) is 16.1 Å². The van der Waals surface area contributed by atoms with Gasteiger partial charge in [0.2, 0.25) is 0 Å². The molecule has 0 aliphatic carbocycles. The van der Waals surface area contributed by atoms with Crippen molar-refractivity contribution in [3.8, 4) is 0 Å². The number of fused-ring (bicyclic) bond motifs is 1. The largest absolute Gasteiger partial charge is 0.321 e. The molecule has 2 aromatic rings. The first-order valence-corrected chi connectivity index (χ1v) is 6.30. The summed E-state index contributed by atoms with van der Waals surface area (Å²) >= 11 is 6.32. The summed E-state index contributed by atoms with van der Waals surface area (Å²) in [5.74, 6) is 0.939. The molecule has 0 bridgehead atoms. The Labute approximate surface area is 112 Å². The number of hydrogen-bond donors (Lipinski definition) is 0. The summed E-state index contributed by atoms with van der Waals surface area (Å²) in [5, 5.41) is 0.764. The molecule has 0 spiro atoms. The van der Waals surface area contributed by atoms with E-state index in [0.29, 0.717) is 0 Å². The smallest absolute Gasteiger partial charge is 0.133 e. The van der Waals surface area contributed by atoms with Crippen molar-refractivity contribution in [1.29, 1.82) is 0 Å². The number of para-hydroxylation sites is 1. The van der Waals surface area contributed by atoms with Crippen LogP contribution in [0.2, 0.25) is 5.02 Å². The van der Waals surface area contributed by atoms with Crippen LogP contribution in [-0.4, -0.2) is 11.5 Å². The van der Waals surface area contributed by atoms with Crippen molar-refractivity contribution in [2.24, 2.45) is 0 Å². The second kappa shape index (κ2) is 4.46. The third kappa shape index (κ3) is 1.89. The number of halogens is 1. The Morgan fingerprint density at radius 2 is 2.00 bits per heavy atom. The highest BCUT2D eigenvalue weighted by Gasteiger charge is 2.18. The van der Waals surface area contributed by atoms with Crippen molar-refractivity contribution in [2.45, 2.75) is 6.92 Å². The van der Waals surface area contributed by atoms with Crippen LogP contribution in [0.15, 0.2) is 42.5 Å². The van der Waals surface area contributed by atoms with E-state index in [2.05, 4.69) is 28.1 Å². The van der Waals surface area contributed by atoms with Gasteiger partial charge in [-0.05, 0) is 30.7 Å². The summed E-state index contributed by atoms with van der Waals surface area (Å²) in [5.41, 5.74) is 3.19. The van der Waals surface area contributed by atoms with Gasteiger partial charge in [0.15, 0.2) is 0 Å². The molecule has 1 aliphatic heterocycles. The number of pyridine rings is 1. The van der Waals surface area contributed by atoms with Crippen molar-refractivity contribution in [3.05, 3.63) is 58.8 Å². The lowest BCUT2D eigenvalue weighted by Crippen LogP contribution is -2.21. The van der Waals surface area contributed by atoms with Gasteiger partial charge in [0.1, 0.15) is 5.82 Å². The van der Waals surface area contributed by atoms with Gasteiger partial charge in [0.05, 0.1) is 10.7 Å². The molecule has 0 atom stereocenters. The quantitative estimate of drug-likeness (QED) is 0.760. The molecule has 0 radical (unpaired) electrons. The lowest BCUT2D eigenvalue weighted by Gasteiger charge is -2.28. The second-order valence-corrected chi connectivity index (χ2v) is 4.74. The number of aryl methyl sites for hydroxylation is 1. The van der Waals surface area contributed by atoms with Crippen LogP contribution in [0, 0.1) is 6.92 Å². The van der Waals surface area contributed by atoms with Crippen LogP contribution >= 0.6 is 11.6 Å². The minimum Gasteiger partial charge on any atom is -0.321 e. The number of hydrogen-bond acceptors (Lipinski definition) is 2. The second-order valence-electron chi connectivity index (χ2n) is 4.33. The van der Waals surface area contributed by atoms with Crippen LogP contribution in [0.5, 0.6) is 0 Å². The average molecular weight is 257 g/mol. The van der Waals surface area contributed by atoms with E-state index in [1.807, 2.05) is 37.3 Å². The van der Waals surface area contributed by atoms with Crippen molar-refractivity contribution in [3.63, 3.8) is 0 Å². The van der Waals surface area contributed by atoms with E-state index < -0.39 is 0 Å². The van der Waals surface area contributed by atoms with Gasteiger partial charge in [-0.1, -0.05) is 42.0 Å². The molecule has 0 N–H and O–H groups in total. The molecule has 2 nitrogen and oxygen atoms in total. The monoisotopic (exact) mass is 256 g/mol. The number of nitrogens with zero attached hydrogens (tertiary/aromatic N) is 2. The number of rotatable bonds is 1. The molecule has 0 fully saturated rings. The van der Waals surface area contributed by atoms with E-state index >= 15 is 0 Å². The standard InChI is InChI=1S/C15H13ClN2/c1-11-5-2-9-14(17-11)18-10-4-7-12-6-3-8-13(16)15(12)18/h2-9H,10H2,1H3. The molecule has 0 amide bonds. The predicted octanol–water partition coefficient (Wildman–Crippen LogP) is 4.21. The van der Waals surface area contributed by atoms with E-state index in [1.165, 1.54) is 0 Å². The fraction of sp³-hybridized carbons (Fsp3) is 0.133. The molecule has 3 rings (SSSR count).